The van der Waals surface area contributed by atoms with Gasteiger partial charge in [-0.25, -0.2) is 9.24 Å². The van der Waals surface area contributed by atoms with E-state index < -0.39 is 11.8 Å². The second-order valence-corrected chi connectivity index (χ2v) is 9.10. The number of benzene rings is 2. The molecular weight excluding hydrogens is 475 g/mol. The first-order valence-electron chi connectivity index (χ1n) is 12.1. The van der Waals surface area contributed by atoms with Crippen LogP contribution in [0.2, 0.25) is 0 Å². The number of hydrogen-bond donors (Lipinski definition) is 2. The SMILES string of the molecule is [C-]#[N+]c1ccc(-c2cc(C(=O)N3CCC[C@@H](N)C3)n(CCCC(=O)O)c2-c2ccc(OC)cc2)cc1F. The Morgan fingerprint density at radius 3 is 2.54 bits per heavy atom. The van der Waals surface area contributed by atoms with Gasteiger partial charge in [0.15, 0.2) is 0 Å². The van der Waals surface area contributed by atoms with Crippen LogP contribution in [0.25, 0.3) is 27.2 Å². The number of halogens is 1. The zero-order valence-corrected chi connectivity index (χ0v) is 20.6. The number of carboxylic acids is 1. The standard InChI is InChI=1S/C28H29FN4O4/c1-31-24-12-9-19(15-23(24)29)22-16-25(28(36)32-13-3-5-20(30)17-32)33(14-4-6-26(34)35)27(22)18-7-10-21(37-2)11-8-18/h7-12,15-16,20H,3-6,13-14,17,30H2,2H3,(H,34,35)/t20-/m1/s1. The van der Waals surface area contributed by atoms with Crippen LogP contribution in [0.4, 0.5) is 10.1 Å². The summed E-state index contributed by atoms with van der Waals surface area (Å²) in [4.78, 5) is 30.0. The van der Waals surface area contributed by atoms with Crippen molar-refractivity contribution in [3.05, 3.63) is 71.5 Å². The summed E-state index contributed by atoms with van der Waals surface area (Å²) < 4.78 is 21.8. The highest BCUT2D eigenvalue weighted by Gasteiger charge is 2.28. The van der Waals surface area contributed by atoms with Gasteiger partial charge in [-0.3, -0.25) is 9.59 Å². The van der Waals surface area contributed by atoms with Gasteiger partial charge in [-0.2, -0.15) is 0 Å². The number of aliphatic carboxylic acids is 1. The van der Waals surface area contributed by atoms with Gasteiger partial charge in [0.05, 0.1) is 19.4 Å². The van der Waals surface area contributed by atoms with Crippen LogP contribution >= 0.6 is 0 Å². The van der Waals surface area contributed by atoms with E-state index in [0.717, 1.165) is 18.4 Å². The van der Waals surface area contributed by atoms with Gasteiger partial charge >= 0.3 is 5.97 Å². The molecule has 4 rings (SSSR count). The maximum absolute atomic E-state index is 14.7. The van der Waals surface area contributed by atoms with Crippen LogP contribution in [-0.2, 0) is 11.3 Å². The van der Waals surface area contributed by atoms with Crippen LogP contribution in [0, 0.1) is 12.4 Å². The number of nitrogens with two attached hydrogens (primary N) is 1. The van der Waals surface area contributed by atoms with Gasteiger partial charge in [-0.05, 0) is 66.8 Å². The lowest BCUT2D eigenvalue weighted by molar-refractivity contribution is -0.137. The molecule has 0 bridgehead atoms. The molecule has 1 saturated heterocycles. The number of likely N-dealkylation sites (tertiary alicyclic amines) is 1. The maximum atomic E-state index is 14.7. The van der Waals surface area contributed by atoms with Gasteiger partial charge < -0.3 is 25.0 Å². The van der Waals surface area contributed by atoms with Crippen molar-refractivity contribution in [1.82, 2.24) is 9.47 Å². The number of ether oxygens (including phenoxy) is 1. The maximum Gasteiger partial charge on any atom is 0.303 e. The fourth-order valence-corrected chi connectivity index (χ4v) is 4.75. The summed E-state index contributed by atoms with van der Waals surface area (Å²) in [6, 6.07) is 13.3. The molecule has 0 radical (unpaired) electrons. The first kappa shape index (κ1) is 25.9. The van der Waals surface area contributed by atoms with Crippen molar-refractivity contribution in [3.63, 3.8) is 0 Å². The van der Waals surface area contributed by atoms with E-state index in [1.54, 1.807) is 36.3 Å². The Labute approximate surface area is 214 Å². The molecule has 37 heavy (non-hydrogen) atoms. The highest BCUT2D eigenvalue weighted by atomic mass is 19.1. The predicted molar refractivity (Wildman–Crippen MR) is 138 cm³/mol. The van der Waals surface area contributed by atoms with E-state index in [1.165, 1.54) is 12.1 Å². The summed E-state index contributed by atoms with van der Waals surface area (Å²) in [5, 5.41) is 9.23. The molecule has 3 aromatic rings. The van der Waals surface area contributed by atoms with Crippen molar-refractivity contribution in [2.24, 2.45) is 5.73 Å². The molecule has 1 aliphatic heterocycles. The van der Waals surface area contributed by atoms with Gasteiger partial charge in [-0.15, -0.1) is 0 Å². The van der Waals surface area contributed by atoms with E-state index in [0.29, 0.717) is 47.8 Å². The average Bonchev–Trinajstić information content (AvgIpc) is 3.27. The second-order valence-electron chi connectivity index (χ2n) is 9.10. The monoisotopic (exact) mass is 504 g/mol. The number of aromatic nitrogens is 1. The third-order valence-electron chi connectivity index (χ3n) is 6.58. The number of nitrogens with zero attached hydrogens (tertiary/aromatic N) is 3. The first-order valence-corrected chi connectivity index (χ1v) is 12.1. The van der Waals surface area contributed by atoms with Gasteiger partial charge in [0.2, 0.25) is 5.69 Å². The molecule has 2 aromatic carbocycles. The summed E-state index contributed by atoms with van der Waals surface area (Å²) in [7, 11) is 1.57. The van der Waals surface area contributed by atoms with Crippen molar-refractivity contribution >= 4 is 17.6 Å². The van der Waals surface area contributed by atoms with Crippen molar-refractivity contribution in [2.75, 3.05) is 20.2 Å². The molecule has 1 aliphatic rings. The molecule has 9 heteroatoms. The van der Waals surface area contributed by atoms with Crippen LogP contribution in [-0.4, -0.2) is 52.7 Å². The van der Waals surface area contributed by atoms with E-state index in [9.17, 15) is 19.1 Å². The molecule has 2 heterocycles. The van der Waals surface area contributed by atoms with Gasteiger partial charge in [0, 0.05) is 37.7 Å². The van der Waals surface area contributed by atoms with Gasteiger partial charge in [0.1, 0.15) is 17.3 Å². The van der Waals surface area contributed by atoms with E-state index >= 15 is 0 Å². The molecule has 0 spiro atoms. The summed E-state index contributed by atoms with van der Waals surface area (Å²) in [6.07, 6.45) is 1.89. The van der Waals surface area contributed by atoms with Gasteiger partial charge in [-0.1, -0.05) is 12.1 Å². The lowest BCUT2D eigenvalue weighted by Gasteiger charge is -2.31. The van der Waals surface area contributed by atoms with Crippen LogP contribution in [0.15, 0.2) is 48.5 Å². The highest BCUT2D eigenvalue weighted by Crippen LogP contribution is 2.38. The molecule has 0 aliphatic carbocycles. The fourth-order valence-electron chi connectivity index (χ4n) is 4.75. The molecule has 8 nitrogen and oxygen atoms in total. The van der Waals surface area contributed by atoms with Crippen LogP contribution in [0.5, 0.6) is 5.75 Å². The zero-order valence-electron chi connectivity index (χ0n) is 20.6. The molecule has 0 saturated carbocycles. The first-order chi connectivity index (χ1) is 17.8. The summed E-state index contributed by atoms with van der Waals surface area (Å²) in [5.41, 5.74) is 8.98. The third kappa shape index (κ3) is 5.65. The number of methoxy groups -OCH3 is 1. The van der Waals surface area contributed by atoms with Crippen LogP contribution < -0.4 is 10.5 Å². The minimum atomic E-state index is -0.926. The third-order valence-corrected chi connectivity index (χ3v) is 6.58. The fraction of sp³-hybridized carbons (Fsp3) is 0.321. The minimum absolute atomic E-state index is 0.0634. The number of carboxylic acid groups (broad SMARTS) is 1. The van der Waals surface area contributed by atoms with Crippen molar-refractivity contribution in [3.8, 4) is 28.1 Å². The predicted octanol–water partition coefficient (Wildman–Crippen LogP) is 4.95. The van der Waals surface area contributed by atoms with E-state index in [-0.39, 0.29) is 30.6 Å². The molecule has 192 valence electrons. The Kier molecular flexibility index (Phi) is 7.89. The number of rotatable bonds is 8. The van der Waals surface area contributed by atoms with Crippen molar-refractivity contribution in [2.45, 2.75) is 38.3 Å². The summed E-state index contributed by atoms with van der Waals surface area (Å²) in [6.45, 7) is 8.45. The number of carbonyl (C=O) groups is 2. The lowest BCUT2D eigenvalue weighted by atomic mass is 10.0. The number of piperidine rings is 1. The Morgan fingerprint density at radius 1 is 1.19 bits per heavy atom. The number of amides is 1. The van der Waals surface area contributed by atoms with Crippen LogP contribution in [0.3, 0.4) is 0 Å². The average molecular weight is 505 g/mol. The Balaban J connectivity index is 1.91. The molecular formula is C28H29FN4O4. The minimum Gasteiger partial charge on any atom is -0.497 e. The number of hydrogen-bond acceptors (Lipinski definition) is 4. The lowest BCUT2D eigenvalue weighted by Crippen LogP contribution is -2.46. The van der Waals surface area contributed by atoms with Gasteiger partial charge in [0.25, 0.3) is 5.91 Å². The smallest absolute Gasteiger partial charge is 0.303 e. The summed E-state index contributed by atoms with van der Waals surface area (Å²) >= 11 is 0. The topological polar surface area (TPSA) is 102 Å². The Morgan fingerprint density at radius 2 is 1.92 bits per heavy atom. The van der Waals surface area contributed by atoms with E-state index in [4.69, 9.17) is 17.0 Å². The zero-order chi connectivity index (χ0) is 26.5. The molecule has 1 fully saturated rings. The number of carbonyl (C=O) groups excluding carboxylic acids is 1. The normalized spacial score (nSPS) is 15.3. The second kappa shape index (κ2) is 11.3. The van der Waals surface area contributed by atoms with Crippen molar-refractivity contribution in [1.29, 1.82) is 0 Å². The molecule has 1 aromatic heterocycles. The largest absolute Gasteiger partial charge is 0.497 e. The highest BCUT2D eigenvalue weighted by molar-refractivity contribution is 5.98. The molecule has 1 atom stereocenters. The van der Waals surface area contributed by atoms with E-state index in [1.807, 2.05) is 16.7 Å². The molecule has 3 N–H and O–H groups in total. The Hall–Kier alpha value is -4.16. The van der Waals surface area contributed by atoms with E-state index in [2.05, 4.69) is 4.85 Å². The van der Waals surface area contributed by atoms with Crippen LogP contribution in [0.1, 0.15) is 36.2 Å². The molecule has 1 amide bonds. The molecule has 0 unspecified atom stereocenters. The van der Waals surface area contributed by atoms with Crippen molar-refractivity contribution < 1.29 is 23.8 Å². The summed E-state index contributed by atoms with van der Waals surface area (Å²) in [5.74, 6) is -1.13. The quantitative estimate of drug-likeness (QED) is 0.423. The Bertz CT molecular complexity index is 1340.